The molecule has 0 saturated carbocycles. The Balaban J connectivity index is 1.62. The molecular weight excluding hydrogens is 368 g/mol. The van der Waals surface area contributed by atoms with Crippen molar-refractivity contribution in [3.63, 3.8) is 0 Å². The van der Waals surface area contributed by atoms with Gasteiger partial charge in [-0.3, -0.25) is 9.59 Å². The van der Waals surface area contributed by atoms with E-state index >= 15 is 0 Å². The molecule has 1 aliphatic heterocycles. The van der Waals surface area contributed by atoms with Crippen LogP contribution >= 0.6 is 22.9 Å². The molecule has 0 aliphatic carbocycles. The van der Waals surface area contributed by atoms with Crippen LogP contribution in [0.25, 0.3) is 6.08 Å². The van der Waals surface area contributed by atoms with Gasteiger partial charge >= 0.3 is 0 Å². The van der Waals surface area contributed by atoms with E-state index in [1.54, 1.807) is 11.0 Å². The number of nitrogens with zero attached hydrogens (tertiary/aromatic N) is 2. The molecule has 0 N–H and O–H groups in total. The van der Waals surface area contributed by atoms with Gasteiger partial charge in [-0.05, 0) is 49.2 Å². The first-order valence-electron chi connectivity index (χ1n) is 8.68. The summed E-state index contributed by atoms with van der Waals surface area (Å²) in [5, 5.41) is 0. The number of amides is 2. The van der Waals surface area contributed by atoms with Gasteiger partial charge in [-0.2, -0.15) is 0 Å². The number of hydrogen-bond acceptors (Lipinski definition) is 3. The molecule has 136 valence electrons. The SMILES string of the molecule is CCN(Cc1ccc(Cl)s1)C(=O)/C=C/c1ccc(N2CCCC2=O)cc1. The third kappa shape index (κ3) is 4.54. The van der Waals surface area contributed by atoms with Gasteiger partial charge in [0.25, 0.3) is 0 Å². The second-order valence-corrected chi connectivity index (χ2v) is 7.93. The summed E-state index contributed by atoms with van der Waals surface area (Å²) in [6, 6.07) is 11.5. The smallest absolute Gasteiger partial charge is 0.246 e. The highest BCUT2D eigenvalue weighted by Crippen LogP contribution is 2.23. The van der Waals surface area contributed by atoms with Crippen LogP contribution in [0.1, 0.15) is 30.2 Å². The first kappa shape index (κ1) is 18.7. The molecule has 26 heavy (non-hydrogen) atoms. The van der Waals surface area contributed by atoms with Crippen LogP contribution in [0.3, 0.4) is 0 Å². The number of hydrogen-bond donors (Lipinski definition) is 0. The second-order valence-electron chi connectivity index (χ2n) is 6.13. The van der Waals surface area contributed by atoms with E-state index in [2.05, 4.69) is 0 Å². The average Bonchev–Trinajstić information content (AvgIpc) is 3.26. The van der Waals surface area contributed by atoms with Crippen molar-refractivity contribution in [1.29, 1.82) is 0 Å². The lowest BCUT2D eigenvalue weighted by Gasteiger charge is -2.18. The molecule has 0 spiro atoms. The van der Waals surface area contributed by atoms with E-state index in [0.29, 0.717) is 19.5 Å². The molecule has 1 aliphatic rings. The molecule has 0 bridgehead atoms. The number of halogens is 1. The summed E-state index contributed by atoms with van der Waals surface area (Å²) in [5.74, 6) is 0.145. The number of benzene rings is 1. The zero-order valence-electron chi connectivity index (χ0n) is 14.7. The number of anilines is 1. The van der Waals surface area contributed by atoms with Gasteiger partial charge in [-0.25, -0.2) is 0 Å². The Hall–Kier alpha value is -2.11. The second kappa shape index (κ2) is 8.52. The number of rotatable bonds is 6. The lowest BCUT2D eigenvalue weighted by molar-refractivity contribution is -0.126. The summed E-state index contributed by atoms with van der Waals surface area (Å²) in [6.07, 6.45) is 4.94. The Morgan fingerprint density at radius 1 is 1.27 bits per heavy atom. The summed E-state index contributed by atoms with van der Waals surface area (Å²) in [5.41, 5.74) is 1.85. The summed E-state index contributed by atoms with van der Waals surface area (Å²) >= 11 is 7.45. The normalized spacial score (nSPS) is 14.4. The predicted octanol–water partition coefficient (Wildman–Crippen LogP) is 4.59. The minimum Gasteiger partial charge on any atom is -0.334 e. The summed E-state index contributed by atoms with van der Waals surface area (Å²) in [7, 11) is 0. The first-order chi connectivity index (χ1) is 12.6. The van der Waals surface area contributed by atoms with E-state index in [-0.39, 0.29) is 11.8 Å². The Bertz CT molecular complexity index is 813. The van der Waals surface area contributed by atoms with Crippen LogP contribution in [-0.4, -0.2) is 29.8 Å². The fourth-order valence-electron chi connectivity index (χ4n) is 2.93. The lowest BCUT2D eigenvalue weighted by atomic mass is 10.2. The topological polar surface area (TPSA) is 40.6 Å². The van der Waals surface area contributed by atoms with Gasteiger partial charge in [0.15, 0.2) is 0 Å². The maximum atomic E-state index is 12.4. The Morgan fingerprint density at radius 2 is 2.04 bits per heavy atom. The molecular formula is C20H21ClN2O2S. The van der Waals surface area contributed by atoms with Gasteiger partial charge in [-0.1, -0.05) is 23.7 Å². The molecule has 0 unspecified atom stereocenters. The van der Waals surface area contributed by atoms with Crippen LogP contribution in [0, 0.1) is 0 Å². The zero-order chi connectivity index (χ0) is 18.5. The van der Waals surface area contributed by atoms with Gasteiger partial charge in [0.1, 0.15) is 0 Å². The predicted molar refractivity (Wildman–Crippen MR) is 107 cm³/mol. The molecule has 1 aromatic carbocycles. The maximum Gasteiger partial charge on any atom is 0.246 e. The number of thiophene rings is 1. The van der Waals surface area contributed by atoms with Crippen LogP contribution in [-0.2, 0) is 16.1 Å². The van der Waals surface area contributed by atoms with Crippen molar-refractivity contribution in [2.45, 2.75) is 26.3 Å². The number of likely N-dealkylation sites (N-methyl/N-ethyl adjacent to an activating group) is 1. The number of carbonyl (C=O) groups is 2. The van der Waals surface area contributed by atoms with E-state index < -0.39 is 0 Å². The van der Waals surface area contributed by atoms with E-state index in [4.69, 9.17) is 11.6 Å². The molecule has 1 saturated heterocycles. The Morgan fingerprint density at radius 3 is 2.62 bits per heavy atom. The Kier molecular flexibility index (Phi) is 6.12. The highest BCUT2D eigenvalue weighted by atomic mass is 35.5. The molecule has 1 aromatic heterocycles. The highest BCUT2D eigenvalue weighted by Gasteiger charge is 2.21. The van der Waals surface area contributed by atoms with Crippen molar-refractivity contribution < 1.29 is 9.59 Å². The molecule has 4 nitrogen and oxygen atoms in total. The maximum absolute atomic E-state index is 12.4. The van der Waals surface area contributed by atoms with Crippen molar-refractivity contribution in [1.82, 2.24) is 4.90 Å². The minimum absolute atomic E-state index is 0.0316. The Labute approximate surface area is 162 Å². The van der Waals surface area contributed by atoms with Crippen molar-refractivity contribution in [2.24, 2.45) is 0 Å². The van der Waals surface area contributed by atoms with Gasteiger partial charge < -0.3 is 9.80 Å². The average molecular weight is 389 g/mol. The van der Waals surface area contributed by atoms with Crippen molar-refractivity contribution in [3.8, 4) is 0 Å². The van der Waals surface area contributed by atoms with Gasteiger partial charge in [0.05, 0.1) is 10.9 Å². The minimum atomic E-state index is -0.0316. The van der Waals surface area contributed by atoms with E-state index in [1.807, 2.05) is 54.3 Å². The number of carbonyl (C=O) groups excluding carboxylic acids is 2. The first-order valence-corrected chi connectivity index (χ1v) is 9.88. The quantitative estimate of drug-likeness (QED) is 0.679. The van der Waals surface area contributed by atoms with Crippen LogP contribution in [0.2, 0.25) is 4.34 Å². The zero-order valence-corrected chi connectivity index (χ0v) is 16.2. The van der Waals surface area contributed by atoms with Gasteiger partial charge in [-0.15, -0.1) is 11.3 Å². The van der Waals surface area contributed by atoms with Crippen LogP contribution in [0.15, 0.2) is 42.5 Å². The molecule has 2 aromatic rings. The molecule has 2 heterocycles. The monoisotopic (exact) mass is 388 g/mol. The molecule has 0 atom stereocenters. The molecule has 1 fully saturated rings. The molecule has 3 rings (SSSR count). The molecule has 0 radical (unpaired) electrons. The van der Waals surface area contributed by atoms with Crippen LogP contribution < -0.4 is 4.90 Å². The summed E-state index contributed by atoms with van der Waals surface area (Å²) in [6.45, 7) is 3.94. The molecule has 6 heteroatoms. The van der Waals surface area contributed by atoms with Crippen LogP contribution in [0.4, 0.5) is 5.69 Å². The van der Waals surface area contributed by atoms with E-state index in [0.717, 1.165) is 33.4 Å². The fraction of sp³-hybridized carbons (Fsp3) is 0.300. The highest BCUT2D eigenvalue weighted by molar-refractivity contribution is 7.16. The van der Waals surface area contributed by atoms with Gasteiger partial charge in [0.2, 0.25) is 11.8 Å². The standard InChI is InChI=1S/C20H21ClN2O2S/c1-2-22(14-17-10-11-18(21)26-17)19(24)12-7-15-5-8-16(9-6-15)23-13-3-4-20(23)25/h5-12H,2-4,13-14H2,1H3/b12-7+. The van der Waals surface area contributed by atoms with Crippen LogP contribution in [0.5, 0.6) is 0 Å². The largest absolute Gasteiger partial charge is 0.334 e. The van der Waals surface area contributed by atoms with Crippen molar-refractivity contribution in [2.75, 3.05) is 18.0 Å². The van der Waals surface area contributed by atoms with E-state index in [9.17, 15) is 9.59 Å². The van der Waals surface area contributed by atoms with E-state index in [1.165, 1.54) is 11.3 Å². The van der Waals surface area contributed by atoms with Crippen molar-refractivity contribution in [3.05, 3.63) is 57.3 Å². The summed E-state index contributed by atoms with van der Waals surface area (Å²) < 4.78 is 0.732. The third-order valence-electron chi connectivity index (χ3n) is 4.37. The third-order valence-corrected chi connectivity index (χ3v) is 5.58. The fourth-order valence-corrected chi connectivity index (χ4v) is 4.03. The van der Waals surface area contributed by atoms with Gasteiger partial charge in [0, 0.05) is 36.2 Å². The summed E-state index contributed by atoms with van der Waals surface area (Å²) in [4.78, 5) is 28.9. The lowest BCUT2D eigenvalue weighted by Crippen LogP contribution is -2.28. The molecule has 2 amide bonds. The van der Waals surface area contributed by atoms with Crippen molar-refractivity contribution >= 4 is 46.5 Å².